The molecule has 22 heavy (non-hydrogen) atoms. The Bertz CT molecular complexity index is 514. The number of carbonyl (C=O) groups is 1. The maximum Gasteiger partial charge on any atom is 0.319 e. The maximum absolute atomic E-state index is 12.0. The van der Waals surface area contributed by atoms with Gasteiger partial charge in [0.15, 0.2) is 0 Å². The fourth-order valence-electron chi connectivity index (χ4n) is 2.75. The molecule has 5 nitrogen and oxygen atoms in total. The molecule has 1 fully saturated rings. The zero-order chi connectivity index (χ0) is 16.0. The highest BCUT2D eigenvalue weighted by Gasteiger charge is 2.28. The number of ether oxygens (including phenoxy) is 1. The first-order valence-electron chi connectivity index (χ1n) is 7.63. The topological polar surface area (TPSA) is 70.6 Å². The molecule has 0 aromatic heterocycles. The fourth-order valence-corrected chi connectivity index (χ4v) is 2.92. The molecule has 1 aliphatic carbocycles. The highest BCUT2D eigenvalue weighted by molar-refractivity contribution is 6.31. The number of methoxy groups -OCH3 is 1. The van der Waals surface area contributed by atoms with E-state index in [9.17, 15) is 9.90 Å². The van der Waals surface area contributed by atoms with E-state index in [2.05, 4.69) is 10.6 Å². The van der Waals surface area contributed by atoms with Gasteiger partial charge in [-0.2, -0.15) is 0 Å². The van der Waals surface area contributed by atoms with Crippen LogP contribution in [0, 0.1) is 0 Å². The summed E-state index contributed by atoms with van der Waals surface area (Å²) in [7, 11) is 1.53. The molecule has 0 bridgehead atoms. The second kappa shape index (κ2) is 7.70. The molecule has 6 heteroatoms. The average molecular weight is 327 g/mol. The smallest absolute Gasteiger partial charge is 0.319 e. The first-order chi connectivity index (χ1) is 10.5. The van der Waals surface area contributed by atoms with Gasteiger partial charge in [0.05, 0.1) is 18.4 Å². The number of urea groups is 1. The Hall–Kier alpha value is -1.46. The van der Waals surface area contributed by atoms with E-state index < -0.39 is 5.60 Å². The Balaban J connectivity index is 1.91. The molecule has 0 atom stereocenters. The zero-order valence-electron chi connectivity index (χ0n) is 12.8. The van der Waals surface area contributed by atoms with Gasteiger partial charge in [-0.3, -0.25) is 0 Å². The van der Waals surface area contributed by atoms with Gasteiger partial charge in [-0.15, -0.1) is 0 Å². The second-order valence-corrected chi connectivity index (χ2v) is 6.23. The lowest BCUT2D eigenvalue weighted by molar-refractivity contribution is 0.0281. The van der Waals surface area contributed by atoms with Crippen molar-refractivity contribution in [2.75, 3.05) is 19.0 Å². The van der Waals surface area contributed by atoms with E-state index >= 15 is 0 Å². The Morgan fingerprint density at radius 1 is 1.32 bits per heavy atom. The summed E-state index contributed by atoms with van der Waals surface area (Å²) < 4.78 is 5.18. The Labute approximate surface area is 136 Å². The Morgan fingerprint density at radius 2 is 2.00 bits per heavy atom. The normalized spacial score (nSPS) is 17.4. The molecule has 0 saturated heterocycles. The average Bonchev–Trinajstić information content (AvgIpc) is 2.71. The van der Waals surface area contributed by atoms with Gasteiger partial charge in [-0.25, -0.2) is 4.79 Å². The summed E-state index contributed by atoms with van der Waals surface area (Å²) >= 11 is 5.93. The number of rotatable bonds is 4. The van der Waals surface area contributed by atoms with Crippen molar-refractivity contribution in [1.29, 1.82) is 0 Å². The zero-order valence-corrected chi connectivity index (χ0v) is 13.6. The summed E-state index contributed by atoms with van der Waals surface area (Å²) in [6.07, 6.45) is 5.76. The molecule has 1 aliphatic rings. The van der Waals surface area contributed by atoms with Crippen molar-refractivity contribution in [2.45, 2.75) is 44.1 Å². The predicted molar refractivity (Wildman–Crippen MR) is 87.7 cm³/mol. The van der Waals surface area contributed by atoms with Crippen molar-refractivity contribution in [3.63, 3.8) is 0 Å². The number of hydrogen-bond acceptors (Lipinski definition) is 3. The van der Waals surface area contributed by atoms with E-state index in [0.717, 1.165) is 38.5 Å². The van der Waals surface area contributed by atoms with E-state index in [-0.39, 0.29) is 12.6 Å². The molecular formula is C16H23ClN2O3. The number of benzene rings is 1. The number of halogens is 1. The molecule has 1 aromatic rings. The second-order valence-electron chi connectivity index (χ2n) is 5.79. The van der Waals surface area contributed by atoms with Gasteiger partial charge in [-0.05, 0) is 31.0 Å². The van der Waals surface area contributed by atoms with Crippen LogP contribution in [-0.4, -0.2) is 30.4 Å². The number of nitrogens with one attached hydrogen (secondary N) is 2. The number of aliphatic hydroxyl groups is 1. The van der Waals surface area contributed by atoms with Crippen LogP contribution in [0.3, 0.4) is 0 Å². The third kappa shape index (κ3) is 4.78. The number of amides is 2. The third-order valence-electron chi connectivity index (χ3n) is 4.02. The van der Waals surface area contributed by atoms with Crippen LogP contribution in [0.15, 0.2) is 18.2 Å². The first kappa shape index (κ1) is 16.9. The van der Waals surface area contributed by atoms with Gasteiger partial charge in [0.2, 0.25) is 0 Å². The van der Waals surface area contributed by atoms with E-state index in [4.69, 9.17) is 16.3 Å². The highest BCUT2D eigenvalue weighted by atomic mass is 35.5. The SMILES string of the molecule is COc1ccc(Cl)cc1NC(=O)NCC1(O)CCCCCC1. The molecule has 122 valence electrons. The summed E-state index contributed by atoms with van der Waals surface area (Å²) in [6.45, 7) is 0.252. The summed E-state index contributed by atoms with van der Waals surface area (Å²) in [5, 5.41) is 16.5. The minimum Gasteiger partial charge on any atom is -0.495 e. The molecule has 0 aliphatic heterocycles. The number of carbonyl (C=O) groups excluding carboxylic acids is 1. The van der Waals surface area contributed by atoms with Gasteiger partial charge in [0.1, 0.15) is 5.75 Å². The summed E-state index contributed by atoms with van der Waals surface area (Å²) in [5.74, 6) is 0.535. The predicted octanol–water partition coefficient (Wildman–Crippen LogP) is 3.56. The van der Waals surface area contributed by atoms with Crippen molar-refractivity contribution >= 4 is 23.3 Å². The molecule has 3 N–H and O–H groups in total. The van der Waals surface area contributed by atoms with E-state index in [0.29, 0.717) is 16.5 Å². The van der Waals surface area contributed by atoms with Gasteiger partial charge < -0.3 is 20.5 Å². The molecule has 1 aromatic carbocycles. The van der Waals surface area contributed by atoms with Gasteiger partial charge >= 0.3 is 6.03 Å². The van der Waals surface area contributed by atoms with Crippen molar-refractivity contribution in [1.82, 2.24) is 5.32 Å². The van der Waals surface area contributed by atoms with Crippen LogP contribution in [0.1, 0.15) is 38.5 Å². The monoisotopic (exact) mass is 326 g/mol. The maximum atomic E-state index is 12.0. The van der Waals surface area contributed by atoms with Crippen LogP contribution in [-0.2, 0) is 0 Å². The van der Waals surface area contributed by atoms with Crippen LogP contribution in [0.25, 0.3) is 0 Å². The molecular weight excluding hydrogens is 304 g/mol. The van der Waals surface area contributed by atoms with Crippen molar-refractivity contribution in [3.05, 3.63) is 23.2 Å². The standard InChI is InChI=1S/C16H23ClN2O3/c1-22-14-7-6-12(17)10-13(14)19-15(20)18-11-16(21)8-4-2-3-5-9-16/h6-7,10,21H,2-5,8-9,11H2,1H3,(H2,18,19,20). The molecule has 1 saturated carbocycles. The molecule has 0 unspecified atom stereocenters. The van der Waals surface area contributed by atoms with E-state index in [1.54, 1.807) is 18.2 Å². The van der Waals surface area contributed by atoms with Crippen LogP contribution >= 0.6 is 11.6 Å². The van der Waals surface area contributed by atoms with Crippen molar-refractivity contribution < 1.29 is 14.6 Å². The molecule has 2 amide bonds. The summed E-state index contributed by atoms with van der Waals surface area (Å²) in [5.41, 5.74) is -0.299. The highest BCUT2D eigenvalue weighted by Crippen LogP contribution is 2.28. The Kier molecular flexibility index (Phi) is 5.91. The molecule has 0 radical (unpaired) electrons. The quantitative estimate of drug-likeness (QED) is 0.741. The molecule has 0 heterocycles. The van der Waals surface area contributed by atoms with Crippen LogP contribution < -0.4 is 15.4 Å². The number of hydrogen-bond donors (Lipinski definition) is 3. The Morgan fingerprint density at radius 3 is 2.64 bits per heavy atom. The lowest BCUT2D eigenvalue weighted by atomic mass is 9.95. The minimum atomic E-state index is -0.799. The number of anilines is 1. The third-order valence-corrected chi connectivity index (χ3v) is 4.26. The van der Waals surface area contributed by atoms with E-state index in [1.165, 1.54) is 7.11 Å². The lowest BCUT2D eigenvalue weighted by Gasteiger charge is -2.26. The largest absolute Gasteiger partial charge is 0.495 e. The van der Waals surface area contributed by atoms with Crippen molar-refractivity contribution in [2.24, 2.45) is 0 Å². The summed E-state index contributed by atoms with van der Waals surface area (Å²) in [6, 6.07) is 4.63. The van der Waals surface area contributed by atoms with Crippen molar-refractivity contribution in [3.8, 4) is 5.75 Å². The van der Waals surface area contributed by atoms with Gasteiger partial charge in [-0.1, -0.05) is 37.3 Å². The van der Waals surface area contributed by atoms with E-state index in [1.807, 2.05) is 0 Å². The van der Waals surface area contributed by atoms with Gasteiger partial charge in [0, 0.05) is 11.6 Å². The fraction of sp³-hybridized carbons (Fsp3) is 0.562. The molecule has 0 spiro atoms. The first-order valence-corrected chi connectivity index (χ1v) is 8.01. The van der Waals surface area contributed by atoms with Gasteiger partial charge in [0.25, 0.3) is 0 Å². The molecule has 2 rings (SSSR count). The lowest BCUT2D eigenvalue weighted by Crippen LogP contribution is -2.44. The minimum absolute atomic E-state index is 0.252. The summed E-state index contributed by atoms with van der Waals surface area (Å²) in [4.78, 5) is 12.0. The van der Waals surface area contributed by atoms with Crippen LogP contribution in [0.2, 0.25) is 5.02 Å². The van der Waals surface area contributed by atoms with Crippen LogP contribution in [0.5, 0.6) is 5.75 Å². The van der Waals surface area contributed by atoms with Crippen LogP contribution in [0.4, 0.5) is 10.5 Å².